The van der Waals surface area contributed by atoms with Crippen LogP contribution >= 0.6 is 0 Å². The third-order valence-corrected chi connectivity index (χ3v) is 4.77. The van der Waals surface area contributed by atoms with Gasteiger partial charge in [0, 0.05) is 25.6 Å². The molecule has 104 valence electrons. The third-order valence-electron chi connectivity index (χ3n) is 4.77. The van der Waals surface area contributed by atoms with Gasteiger partial charge in [0.05, 0.1) is 0 Å². The van der Waals surface area contributed by atoms with Crippen molar-refractivity contribution < 1.29 is 4.79 Å². The minimum Gasteiger partial charge on any atom is -0.343 e. The van der Waals surface area contributed by atoms with E-state index in [0.29, 0.717) is 18.2 Å². The molecule has 2 aliphatic rings. The number of rotatable bonds is 2. The van der Waals surface area contributed by atoms with Crippen molar-refractivity contribution in [1.82, 2.24) is 4.90 Å². The van der Waals surface area contributed by atoms with Crippen molar-refractivity contribution in [2.75, 3.05) is 13.1 Å². The van der Waals surface area contributed by atoms with Crippen molar-refractivity contribution in [2.24, 2.45) is 17.6 Å². The molecule has 0 bridgehead atoms. The lowest BCUT2D eigenvalue weighted by Crippen LogP contribution is -2.39. The van der Waals surface area contributed by atoms with Gasteiger partial charge in [-0.3, -0.25) is 4.79 Å². The SMILES string of the molecule is CC1CCCN(C(=O)CC2CCCCC2N)CC1. The molecule has 1 aliphatic carbocycles. The fourth-order valence-corrected chi connectivity index (χ4v) is 3.36. The van der Waals surface area contributed by atoms with Gasteiger partial charge in [-0.25, -0.2) is 0 Å². The van der Waals surface area contributed by atoms with E-state index in [1.54, 1.807) is 0 Å². The van der Waals surface area contributed by atoms with Crippen LogP contribution in [0.3, 0.4) is 0 Å². The van der Waals surface area contributed by atoms with Gasteiger partial charge in [0.15, 0.2) is 0 Å². The minimum atomic E-state index is 0.258. The fourth-order valence-electron chi connectivity index (χ4n) is 3.36. The van der Waals surface area contributed by atoms with Gasteiger partial charge < -0.3 is 10.6 Å². The first-order valence-electron chi connectivity index (χ1n) is 7.70. The van der Waals surface area contributed by atoms with Crippen molar-refractivity contribution in [1.29, 1.82) is 0 Å². The molecule has 1 saturated carbocycles. The Morgan fingerprint density at radius 2 is 1.89 bits per heavy atom. The topological polar surface area (TPSA) is 46.3 Å². The molecule has 0 spiro atoms. The van der Waals surface area contributed by atoms with E-state index in [9.17, 15) is 4.79 Å². The lowest BCUT2D eigenvalue weighted by molar-refractivity contribution is -0.132. The number of hydrogen-bond donors (Lipinski definition) is 1. The molecule has 1 heterocycles. The monoisotopic (exact) mass is 252 g/mol. The molecular weight excluding hydrogens is 224 g/mol. The molecule has 2 fully saturated rings. The molecular formula is C15H28N2O. The van der Waals surface area contributed by atoms with Crippen LogP contribution < -0.4 is 5.73 Å². The Labute approximate surface area is 111 Å². The standard InChI is InChI=1S/C15H28N2O/c1-12-5-4-9-17(10-8-12)15(18)11-13-6-2-3-7-14(13)16/h12-14H,2-11,16H2,1H3. The largest absolute Gasteiger partial charge is 0.343 e. The first kappa shape index (κ1) is 13.9. The average molecular weight is 252 g/mol. The summed E-state index contributed by atoms with van der Waals surface area (Å²) in [6.07, 6.45) is 9.05. The number of carbonyl (C=O) groups excluding carboxylic acids is 1. The van der Waals surface area contributed by atoms with E-state index in [1.807, 2.05) is 0 Å². The summed E-state index contributed by atoms with van der Waals surface area (Å²) in [6.45, 7) is 4.22. The van der Waals surface area contributed by atoms with Gasteiger partial charge in [0.2, 0.25) is 5.91 Å². The van der Waals surface area contributed by atoms with Crippen LogP contribution in [0, 0.1) is 11.8 Å². The average Bonchev–Trinajstić information content (AvgIpc) is 2.57. The molecule has 0 aromatic rings. The van der Waals surface area contributed by atoms with Crippen LogP contribution in [0.2, 0.25) is 0 Å². The molecule has 2 rings (SSSR count). The highest BCUT2D eigenvalue weighted by Crippen LogP contribution is 2.27. The van der Waals surface area contributed by atoms with Crippen molar-refractivity contribution in [2.45, 2.75) is 64.3 Å². The molecule has 0 radical (unpaired) electrons. The zero-order valence-corrected chi connectivity index (χ0v) is 11.7. The van der Waals surface area contributed by atoms with Crippen molar-refractivity contribution >= 4 is 5.91 Å². The Bertz CT molecular complexity index is 280. The zero-order chi connectivity index (χ0) is 13.0. The van der Waals surface area contributed by atoms with Crippen molar-refractivity contribution in [3.05, 3.63) is 0 Å². The molecule has 1 saturated heterocycles. The number of nitrogens with zero attached hydrogens (tertiary/aromatic N) is 1. The highest BCUT2D eigenvalue weighted by Gasteiger charge is 2.27. The first-order valence-corrected chi connectivity index (χ1v) is 7.70. The summed E-state index contributed by atoms with van der Waals surface area (Å²) in [5, 5.41) is 0. The predicted molar refractivity (Wildman–Crippen MR) is 74.1 cm³/mol. The van der Waals surface area contributed by atoms with Crippen LogP contribution in [-0.2, 0) is 4.79 Å². The maximum atomic E-state index is 12.3. The Kier molecular flexibility index (Phi) is 5.04. The normalized spacial score (nSPS) is 34.1. The predicted octanol–water partition coefficient (Wildman–Crippen LogP) is 2.54. The minimum absolute atomic E-state index is 0.258. The van der Waals surface area contributed by atoms with Crippen LogP contribution in [-0.4, -0.2) is 29.9 Å². The second-order valence-electron chi connectivity index (χ2n) is 6.33. The molecule has 3 nitrogen and oxygen atoms in total. The van der Waals surface area contributed by atoms with E-state index >= 15 is 0 Å². The lowest BCUT2D eigenvalue weighted by Gasteiger charge is -2.30. The summed E-state index contributed by atoms with van der Waals surface area (Å²) < 4.78 is 0. The Morgan fingerprint density at radius 3 is 2.67 bits per heavy atom. The summed E-state index contributed by atoms with van der Waals surface area (Å²) in [5.74, 6) is 1.57. The first-order chi connectivity index (χ1) is 8.66. The number of hydrogen-bond acceptors (Lipinski definition) is 2. The Hall–Kier alpha value is -0.570. The maximum absolute atomic E-state index is 12.3. The second kappa shape index (κ2) is 6.55. The maximum Gasteiger partial charge on any atom is 0.222 e. The van der Waals surface area contributed by atoms with Gasteiger partial charge in [-0.1, -0.05) is 19.8 Å². The number of carbonyl (C=O) groups is 1. The van der Waals surface area contributed by atoms with Gasteiger partial charge in [-0.05, 0) is 43.9 Å². The second-order valence-corrected chi connectivity index (χ2v) is 6.33. The smallest absolute Gasteiger partial charge is 0.222 e. The van der Waals surface area contributed by atoms with Gasteiger partial charge in [0.1, 0.15) is 0 Å². The molecule has 3 atom stereocenters. The van der Waals surface area contributed by atoms with Crippen LogP contribution in [0.4, 0.5) is 0 Å². The summed E-state index contributed by atoms with van der Waals surface area (Å²) in [7, 11) is 0. The Balaban J connectivity index is 1.82. The molecule has 18 heavy (non-hydrogen) atoms. The third kappa shape index (κ3) is 3.71. The zero-order valence-electron chi connectivity index (χ0n) is 11.7. The van der Waals surface area contributed by atoms with E-state index in [0.717, 1.165) is 31.8 Å². The molecule has 2 N–H and O–H groups in total. The number of nitrogens with two attached hydrogens (primary N) is 1. The van der Waals surface area contributed by atoms with E-state index < -0.39 is 0 Å². The van der Waals surface area contributed by atoms with Crippen molar-refractivity contribution in [3.63, 3.8) is 0 Å². The molecule has 3 heteroatoms. The molecule has 0 aromatic heterocycles. The van der Waals surface area contributed by atoms with Gasteiger partial charge >= 0.3 is 0 Å². The summed E-state index contributed by atoms with van der Waals surface area (Å²) in [4.78, 5) is 14.4. The molecule has 1 aliphatic heterocycles. The number of amides is 1. The lowest BCUT2D eigenvalue weighted by atomic mass is 9.82. The molecule has 3 unspecified atom stereocenters. The van der Waals surface area contributed by atoms with E-state index in [1.165, 1.54) is 32.1 Å². The van der Waals surface area contributed by atoms with Crippen LogP contribution in [0.15, 0.2) is 0 Å². The van der Waals surface area contributed by atoms with E-state index in [4.69, 9.17) is 5.73 Å². The summed E-state index contributed by atoms with van der Waals surface area (Å²) >= 11 is 0. The highest BCUT2D eigenvalue weighted by atomic mass is 16.2. The molecule has 1 amide bonds. The van der Waals surface area contributed by atoms with Crippen LogP contribution in [0.25, 0.3) is 0 Å². The van der Waals surface area contributed by atoms with Crippen LogP contribution in [0.5, 0.6) is 0 Å². The number of likely N-dealkylation sites (tertiary alicyclic amines) is 1. The quantitative estimate of drug-likeness (QED) is 0.821. The van der Waals surface area contributed by atoms with Gasteiger partial charge in [0.25, 0.3) is 0 Å². The van der Waals surface area contributed by atoms with Gasteiger partial charge in [-0.2, -0.15) is 0 Å². The fraction of sp³-hybridized carbons (Fsp3) is 0.933. The van der Waals surface area contributed by atoms with E-state index in [-0.39, 0.29) is 6.04 Å². The van der Waals surface area contributed by atoms with Crippen molar-refractivity contribution in [3.8, 4) is 0 Å². The summed E-state index contributed by atoms with van der Waals surface area (Å²) in [5.41, 5.74) is 6.14. The molecule has 0 aromatic carbocycles. The highest BCUT2D eigenvalue weighted by molar-refractivity contribution is 5.76. The van der Waals surface area contributed by atoms with Gasteiger partial charge in [-0.15, -0.1) is 0 Å². The van der Waals surface area contributed by atoms with E-state index in [2.05, 4.69) is 11.8 Å². The Morgan fingerprint density at radius 1 is 1.11 bits per heavy atom. The summed E-state index contributed by atoms with van der Waals surface area (Å²) in [6, 6.07) is 0.258. The van der Waals surface area contributed by atoms with Crippen LogP contribution in [0.1, 0.15) is 58.3 Å².